The highest BCUT2D eigenvalue weighted by Gasteiger charge is 1.73. The van der Waals surface area contributed by atoms with Crippen LogP contribution >= 0.6 is 0 Å². The predicted molar refractivity (Wildman–Crippen MR) is 232 cm³/mol. The molecule has 2 aliphatic carbocycles. The van der Waals surface area contributed by atoms with Gasteiger partial charge in [-0.3, -0.25) is 9.97 Å². The van der Waals surface area contributed by atoms with Crippen molar-refractivity contribution in [1.82, 2.24) is 9.97 Å². The van der Waals surface area contributed by atoms with E-state index in [9.17, 15) is 0 Å². The van der Waals surface area contributed by atoms with Crippen LogP contribution in [0.1, 0.15) is 149 Å². The van der Waals surface area contributed by atoms with Crippen LogP contribution in [0.5, 0.6) is 0 Å². The molecule has 0 atom stereocenters. The Morgan fingerprint density at radius 2 is 0.500 bits per heavy atom. The van der Waals surface area contributed by atoms with Gasteiger partial charge >= 0.3 is 0 Å². The molecule has 2 heteroatoms. The Kier molecular flexibility index (Phi) is 135. The van der Waals surface area contributed by atoms with E-state index < -0.39 is 0 Å². The third-order valence-electron chi connectivity index (χ3n) is 3.67. The summed E-state index contributed by atoms with van der Waals surface area (Å²) in [4.78, 5) is 7.44. The topological polar surface area (TPSA) is 25.8 Å². The van der Waals surface area contributed by atoms with E-state index in [1.807, 2.05) is 161 Å². The summed E-state index contributed by atoms with van der Waals surface area (Å²) in [7, 11) is 0. The lowest BCUT2D eigenvalue weighted by Crippen LogP contribution is -1.66. The monoisotopic (exact) mass is 667 g/mol. The van der Waals surface area contributed by atoms with Gasteiger partial charge in [-0.2, -0.15) is 0 Å². The number of hydrogen-bond acceptors (Lipinski definition) is 2. The second-order valence-corrected chi connectivity index (χ2v) is 6.39. The minimum Gasteiger partial charge on any atom is -0.262 e. The summed E-state index contributed by atoms with van der Waals surface area (Å²) in [5.41, 5.74) is 2.64. The van der Waals surface area contributed by atoms with Gasteiger partial charge in [0.1, 0.15) is 0 Å². The summed E-state index contributed by atoms with van der Waals surface area (Å²) in [6.45, 7) is 40.2. The molecule has 0 spiro atoms. The van der Waals surface area contributed by atoms with Gasteiger partial charge in [-0.25, -0.2) is 0 Å². The number of hydrogen-bond donors (Lipinski definition) is 0. The lowest BCUT2D eigenvalue weighted by molar-refractivity contribution is 1.20. The Labute approximate surface area is 305 Å². The maximum absolute atomic E-state index is 3.72. The fourth-order valence-electron chi connectivity index (χ4n) is 2.11. The summed E-state index contributed by atoms with van der Waals surface area (Å²) in [6.07, 6.45) is 25.6. The Morgan fingerprint density at radius 1 is 0.312 bits per heavy atom. The molecule has 2 aliphatic rings. The summed E-state index contributed by atoms with van der Waals surface area (Å²) < 4.78 is 0. The van der Waals surface area contributed by atoms with Crippen LogP contribution in [0.2, 0.25) is 0 Å². The van der Waals surface area contributed by atoms with E-state index in [-0.39, 0.29) is 0 Å². The maximum Gasteiger partial charge on any atom is 0.0451 e. The second kappa shape index (κ2) is 96.7. The molecule has 48 heavy (non-hydrogen) atoms. The van der Waals surface area contributed by atoms with Gasteiger partial charge in [0.2, 0.25) is 0 Å². The molecule has 280 valence electrons. The molecule has 0 bridgehead atoms. The molecule has 0 saturated carbocycles. The molecule has 0 saturated heterocycles. The molecule has 1 heterocycles. The quantitative estimate of drug-likeness (QED) is 0.239. The minimum absolute atomic E-state index is 1.14. The van der Waals surface area contributed by atoms with Crippen molar-refractivity contribution in [1.29, 1.82) is 0 Å². The summed E-state index contributed by atoms with van der Waals surface area (Å²) in [5.74, 6) is 0. The van der Waals surface area contributed by atoms with E-state index in [0.717, 1.165) is 12.8 Å². The van der Waals surface area contributed by atoms with Crippen LogP contribution in [0.4, 0.5) is 0 Å². The van der Waals surface area contributed by atoms with E-state index in [1.165, 1.54) is 11.1 Å². The predicted octanol–water partition coefficient (Wildman–Crippen LogP) is 16.7. The van der Waals surface area contributed by atoms with E-state index in [4.69, 9.17) is 0 Å². The van der Waals surface area contributed by atoms with Crippen molar-refractivity contribution in [2.75, 3.05) is 0 Å². The van der Waals surface area contributed by atoms with E-state index in [2.05, 4.69) is 96.7 Å². The number of rotatable bonds is 0. The first-order valence-electron chi connectivity index (χ1n) is 19.2. The second-order valence-electron chi connectivity index (χ2n) is 6.39. The molecular weight excluding hydrogens is 581 g/mol. The zero-order chi connectivity index (χ0) is 39.5. The molecule has 2 aromatic carbocycles. The molecule has 0 radical (unpaired) electrons. The SMILES string of the molecule is C1=CCC=C1.C1=CCC=C1.CC.CC.CC.CC.CC.CC.CC.CC.CC.Cc1ccccc1.Cc1ccccc1.c1cnccn1. The number of benzene rings is 2. The maximum atomic E-state index is 3.72. The van der Waals surface area contributed by atoms with Gasteiger partial charge < -0.3 is 0 Å². The molecule has 2 nitrogen and oxygen atoms in total. The summed E-state index contributed by atoms with van der Waals surface area (Å²) in [6, 6.07) is 20.5. The van der Waals surface area contributed by atoms with Crippen molar-refractivity contribution in [3.8, 4) is 0 Å². The van der Waals surface area contributed by atoms with Gasteiger partial charge in [-0.05, 0) is 26.7 Å². The third kappa shape index (κ3) is 90.1. The largest absolute Gasteiger partial charge is 0.262 e. The fraction of sp³-hybridized carbons (Fsp3) is 0.478. The molecule has 0 N–H and O–H groups in total. The average molecular weight is 667 g/mol. The third-order valence-corrected chi connectivity index (χ3v) is 3.67. The molecule has 0 aliphatic heterocycles. The zero-order valence-electron chi connectivity index (χ0n) is 36.0. The molecule has 5 rings (SSSR count). The zero-order valence-corrected chi connectivity index (χ0v) is 36.0. The van der Waals surface area contributed by atoms with Crippen molar-refractivity contribution in [2.24, 2.45) is 0 Å². The number of aromatic nitrogens is 2. The van der Waals surface area contributed by atoms with E-state index in [1.54, 1.807) is 24.8 Å². The lowest BCUT2D eigenvalue weighted by atomic mass is 10.2. The van der Waals surface area contributed by atoms with Gasteiger partial charge in [-0.15, -0.1) is 0 Å². The van der Waals surface area contributed by atoms with Crippen LogP contribution in [-0.2, 0) is 0 Å². The van der Waals surface area contributed by atoms with E-state index in [0.29, 0.717) is 0 Å². The molecule has 0 amide bonds. The Bertz CT molecular complexity index is 744. The first-order chi connectivity index (χ1) is 23.8. The van der Waals surface area contributed by atoms with Gasteiger partial charge in [0.05, 0.1) is 0 Å². The number of nitrogens with zero attached hydrogens (tertiary/aromatic N) is 2. The van der Waals surface area contributed by atoms with Crippen LogP contribution in [0.15, 0.2) is 134 Å². The molecule has 0 fully saturated rings. The Morgan fingerprint density at radius 3 is 0.583 bits per heavy atom. The molecule has 0 unspecified atom stereocenters. The summed E-state index contributed by atoms with van der Waals surface area (Å²) >= 11 is 0. The van der Waals surface area contributed by atoms with Crippen LogP contribution < -0.4 is 0 Å². The minimum atomic E-state index is 1.14. The summed E-state index contributed by atoms with van der Waals surface area (Å²) in [5, 5.41) is 0. The van der Waals surface area contributed by atoms with Crippen molar-refractivity contribution in [3.63, 3.8) is 0 Å². The van der Waals surface area contributed by atoms with Crippen LogP contribution in [-0.4, -0.2) is 9.97 Å². The highest BCUT2D eigenvalue weighted by Crippen LogP contribution is 1.94. The normalized spacial score (nSPS) is 8.33. The van der Waals surface area contributed by atoms with E-state index >= 15 is 0 Å². The molecule has 3 aromatic rings. The van der Waals surface area contributed by atoms with Crippen LogP contribution in [0.25, 0.3) is 0 Å². The smallest absolute Gasteiger partial charge is 0.0451 e. The standard InChI is InChI=1S/2C7H8.2C5H6.C4H4N2.9C2H6/c2*1-7-5-3-2-4-6-7;2*1-2-4-5-3-1;1-2-6-4-3-5-1;9*1-2/h2*2-6H,1H3;2*1-4H,5H2;1-4H;9*1-2H3. The Balaban J connectivity index is -0.0000000508. The van der Waals surface area contributed by atoms with Crippen LogP contribution in [0.3, 0.4) is 0 Å². The fourth-order valence-corrected chi connectivity index (χ4v) is 2.11. The van der Waals surface area contributed by atoms with Gasteiger partial charge in [0, 0.05) is 24.8 Å². The average Bonchev–Trinajstić information content (AvgIpc) is 4.02. The molecular formula is C46H86N2. The highest BCUT2D eigenvalue weighted by molar-refractivity contribution is 5.13. The van der Waals surface area contributed by atoms with Crippen molar-refractivity contribution in [3.05, 3.63) is 145 Å². The first-order valence-corrected chi connectivity index (χ1v) is 19.2. The van der Waals surface area contributed by atoms with Gasteiger partial charge in [-0.1, -0.05) is 245 Å². The number of allylic oxidation sites excluding steroid dienone is 8. The van der Waals surface area contributed by atoms with Crippen molar-refractivity contribution in [2.45, 2.75) is 151 Å². The lowest BCUT2D eigenvalue weighted by Gasteiger charge is -1.82. The Hall–Kier alpha value is -3.52. The van der Waals surface area contributed by atoms with Gasteiger partial charge in [0.25, 0.3) is 0 Å². The molecule has 1 aromatic heterocycles. The van der Waals surface area contributed by atoms with Gasteiger partial charge in [0.15, 0.2) is 0 Å². The number of aryl methyl sites for hydroxylation is 2. The van der Waals surface area contributed by atoms with Crippen molar-refractivity contribution >= 4 is 0 Å². The van der Waals surface area contributed by atoms with Crippen LogP contribution in [0, 0.1) is 13.8 Å². The first kappa shape index (κ1) is 66.8. The van der Waals surface area contributed by atoms with Crippen molar-refractivity contribution < 1.29 is 0 Å². The highest BCUT2D eigenvalue weighted by atomic mass is 14.7.